The van der Waals surface area contributed by atoms with Crippen LogP contribution in [0.1, 0.15) is 18.9 Å². The first-order valence-electron chi connectivity index (χ1n) is 7.46. The van der Waals surface area contributed by atoms with E-state index in [1.807, 2.05) is 30.3 Å². The second-order valence-corrected chi connectivity index (χ2v) is 5.42. The van der Waals surface area contributed by atoms with Gasteiger partial charge in [0, 0.05) is 6.42 Å². The fourth-order valence-electron chi connectivity index (χ4n) is 2.94. The highest BCUT2D eigenvalue weighted by Gasteiger charge is 2.55. The van der Waals surface area contributed by atoms with Crippen LogP contribution in [0, 0.1) is 0 Å². The fourth-order valence-corrected chi connectivity index (χ4v) is 2.94. The monoisotopic (exact) mass is 305 g/mol. The molecular weight excluding hydrogens is 286 g/mol. The molecule has 22 heavy (non-hydrogen) atoms. The average molecular weight is 305 g/mol. The highest BCUT2D eigenvalue weighted by molar-refractivity contribution is 5.88. The van der Waals surface area contributed by atoms with Crippen LogP contribution in [0.4, 0.5) is 4.79 Å². The lowest BCUT2D eigenvalue weighted by molar-refractivity contribution is -0.128. The summed E-state index contributed by atoms with van der Waals surface area (Å²) in [6.45, 7) is 2.40. The first-order chi connectivity index (χ1) is 10.7. The quantitative estimate of drug-likeness (QED) is 0.890. The van der Waals surface area contributed by atoms with Gasteiger partial charge >= 0.3 is 6.09 Å². The van der Waals surface area contributed by atoms with Gasteiger partial charge in [-0.25, -0.2) is 4.79 Å². The molecule has 1 aromatic carbocycles. The molecule has 2 heterocycles. The van der Waals surface area contributed by atoms with Crippen LogP contribution >= 0.6 is 0 Å². The van der Waals surface area contributed by atoms with Gasteiger partial charge in [0.15, 0.2) is 5.78 Å². The zero-order chi connectivity index (χ0) is 15.5. The molecule has 118 valence electrons. The molecular formula is C16H19NO5. The van der Waals surface area contributed by atoms with Crippen LogP contribution in [0.2, 0.25) is 0 Å². The molecule has 2 saturated heterocycles. The number of Topliss-reactive ketones (excluding diaryl/α,β-unsaturated/α-hetero) is 1. The number of hydrogen-bond acceptors (Lipinski definition) is 5. The maximum absolute atomic E-state index is 11.9. The van der Waals surface area contributed by atoms with Gasteiger partial charge < -0.3 is 19.5 Å². The van der Waals surface area contributed by atoms with Crippen LogP contribution in [0.25, 0.3) is 0 Å². The molecule has 1 amide bonds. The molecule has 6 heteroatoms. The van der Waals surface area contributed by atoms with Crippen molar-refractivity contribution in [3.63, 3.8) is 0 Å². The Morgan fingerprint density at radius 3 is 2.86 bits per heavy atom. The lowest BCUT2D eigenvalue weighted by Gasteiger charge is -2.27. The summed E-state index contributed by atoms with van der Waals surface area (Å²) in [5, 5.41) is 2.75. The van der Waals surface area contributed by atoms with Gasteiger partial charge in [-0.1, -0.05) is 30.3 Å². The minimum absolute atomic E-state index is 0.0324. The summed E-state index contributed by atoms with van der Waals surface area (Å²) in [5.74, 6) is 0.0324. The third-order valence-corrected chi connectivity index (χ3v) is 3.94. The van der Waals surface area contributed by atoms with Gasteiger partial charge in [0.2, 0.25) is 0 Å². The number of ether oxygens (including phenoxy) is 3. The Hall–Kier alpha value is -1.92. The summed E-state index contributed by atoms with van der Waals surface area (Å²) in [6, 6.07) is 9.32. The number of benzene rings is 1. The number of carbonyl (C=O) groups excluding carboxylic acids is 2. The average Bonchev–Trinajstić information content (AvgIpc) is 3.04. The predicted octanol–water partition coefficient (Wildman–Crippen LogP) is 1.43. The Balaban J connectivity index is 1.65. The number of nitrogens with one attached hydrogen (secondary N) is 1. The minimum atomic E-state index is -0.597. The van der Waals surface area contributed by atoms with Gasteiger partial charge in [-0.05, 0) is 12.5 Å². The molecule has 1 N–H and O–H groups in total. The summed E-state index contributed by atoms with van der Waals surface area (Å²) in [7, 11) is 0. The number of ketones is 1. The van der Waals surface area contributed by atoms with Crippen molar-refractivity contribution in [2.75, 3.05) is 6.61 Å². The zero-order valence-corrected chi connectivity index (χ0v) is 12.4. The molecule has 6 nitrogen and oxygen atoms in total. The SMILES string of the molecule is CCOC(=O)N[C@H]1[C@@H](OCc2ccccc2)[C@H]2O[C@@H]1CC2=O. The molecule has 0 saturated carbocycles. The highest BCUT2D eigenvalue weighted by atomic mass is 16.6. The summed E-state index contributed by atoms with van der Waals surface area (Å²) >= 11 is 0. The molecule has 2 aliphatic heterocycles. The van der Waals surface area contributed by atoms with E-state index in [0.29, 0.717) is 19.6 Å². The molecule has 4 atom stereocenters. The number of alkyl carbamates (subject to hydrolysis) is 1. The maximum Gasteiger partial charge on any atom is 0.407 e. The second kappa shape index (κ2) is 6.46. The van der Waals surface area contributed by atoms with Crippen molar-refractivity contribution in [2.24, 2.45) is 0 Å². The smallest absolute Gasteiger partial charge is 0.407 e. The molecule has 2 bridgehead atoms. The van der Waals surface area contributed by atoms with Crippen LogP contribution in [-0.2, 0) is 25.6 Å². The highest BCUT2D eigenvalue weighted by Crippen LogP contribution is 2.34. The first-order valence-corrected chi connectivity index (χ1v) is 7.46. The molecule has 1 aromatic rings. The Bertz CT molecular complexity index is 547. The lowest BCUT2D eigenvalue weighted by Crippen LogP contribution is -2.53. The molecule has 3 rings (SSSR count). The van der Waals surface area contributed by atoms with E-state index in [4.69, 9.17) is 14.2 Å². The molecule has 0 spiro atoms. The molecule has 0 radical (unpaired) electrons. The van der Waals surface area contributed by atoms with Crippen LogP contribution in [0.3, 0.4) is 0 Å². The third-order valence-electron chi connectivity index (χ3n) is 3.94. The number of fused-ring (bicyclic) bond motifs is 2. The van der Waals surface area contributed by atoms with Crippen molar-refractivity contribution >= 4 is 11.9 Å². The van der Waals surface area contributed by atoms with Crippen molar-refractivity contribution in [3.05, 3.63) is 35.9 Å². The summed E-state index contributed by atoms with van der Waals surface area (Å²) < 4.78 is 16.4. The van der Waals surface area contributed by atoms with Crippen LogP contribution < -0.4 is 5.32 Å². The Morgan fingerprint density at radius 1 is 1.36 bits per heavy atom. The van der Waals surface area contributed by atoms with Gasteiger partial charge in [0.25, 0.3) is 0 Å². The lowest BCUT2D eigenvalue weighted by atomic mass is 9.91. The van der Waals surface area contributed by atoms with E-state index < -0.39 is 18.3 Å². The van der Waals surface area contributed by atoms with Gasteiger partial charge in [-0.15, -0.1) is 0 Å². The van der Waals surface area contributed by atoms with Crippen molar-refractivity contribution in [3.8, 4) is 0 Å². The predicted molar refractivity (Wildman–Crippen MR) is 77.2 cm³/mol. The second-order valence-electron chi connectivity index (χ2n) is 5.42. The summed E-state index contributed by atoms with van der Waals surface area (Å²) in [4.78, 5) is 23.5. The van der Waals surface area contributed by atoms with E-state index in [-0.39, 0.29) is 17.9 Å². The molecule has 2 fully saturated rings. The number of amides is 1. The van der Waals surface area contributed by atoms with Crippen molar-refractivity contribution in [1.29, 1.82) is 0 Å². The molecule has 0 aromatic heterocycles. The number of rotatable bonds is 5. The van der Waals surface area contributed by atoms with Crippen molar-refractivity contribution in [1.82, 2.24) is 5.32 Å². The summed E-state index contributed by atoms with van der Waals surface area (Å²) in [5.41, 5.74) is 1.01. The van der Waals surface area contributed by atoms with Gasteiger partial charge in [0.1, 0.15) is 12.2 Å². The van der Waals surface area contributed by atoms with Crippen LogP contribution in [0.15, 0.2) is 30.3 Å². The van der Waals surface area contributed by atoms with Crippen LogP contribution in [0.5, 0.6) is 0 Å². The molecule has 0 aliphatic carbocycles. The largest absolute Gasteiger partial charge is 0.450 e. The van der Waals surface area contributed by atoms with Crippen molar-refractivity contribution < 1.29 is 23.8 Å². The van der Waals surface area contributed by atoms with Crippen LogP contribution in [-0.4, -0.2) is 42.8 Å². The summed E-state index contributed by atoms with van der Waals surface area (Å²) in [6.07, 6.45) is -1.60. The van der Waals surface area contributed by atoms with E-state index in [1.165, 1.54) is 0 Å². The van der Waals surface area contributed by atoms with E-state index in [0.717, 1.165) is 5.56 Å². The van der Waals surface area contributed by atoms with Gasteiger partial charge in [-0.2, -0.15) is 0 Å². The Morgan fingerprint density at radius 2 is 2.14 bits per heavy atom. The van der Waals surface area contributed by atoms with E-state index in [1.54, 1.807) is 6.92 Å². The standard InChI is InChI=1S/C16H19NO5/c1-2-20-16(19)17-13-12-8-11(18)14(22-12)15(13)21-9-10-6-4-3-5-7-10/h3-7,12-15H,2,8-9H2,1H3,(H,17,19)/t12-,13-,14+,15-/m1/s1. The van der Waals surface area contributed by atoms with Gasteiger partial charge in [0.05, 0.1) is 25.4 Å². The number of carbonyl (C=O) groups is 2. The van der Waals surface area contributed by atoms with Gasteiger partial charge in [-0.3, -0.25) is 4.79 Å². The molecule has 2 aliphatic rings. The van der Waals surface area contributed by atoms with E-state index >= 15 is 0 Å². The molecule has 0 unspecified atom stereocenters. The third kappa shape index (κ3) is 2.98. The maximum atomic E-state index is 11.9. The number of hydrogen-bond donors (Lipinski definition) is 1. The van der Waals surface area contributed by atoms with E-state index in [9.17, 15) is 9.59 Å². The zero-order valence-electron chi connectivity index (χ0n) is 12.4. The Kier molecular flexibility index (Phi) is 4.40. The Labute approximate surface area is 128 Å². The topological polar surface area (TPSA) is 73.9 Å². The normalized spacial score (nSPS) is 29.6. The first kappa shape index (κ1) is 15.0. The minimum Gasteiger partial charge on any atom is -0.450 e. The van der Waals surface area contributed by atoms with Crippen molar-refractivity contribution in [2.45, 2.75) is 44.3 Å². The van der Waals surface area contributed by atoms with E-state index in [2.05, 4.69) is 5.32 Å². The fraction of sp³-hybridized carbons (Fsp3) is 0.500.